The second-order valence-corrected chi connectivity index (χ2v) is 7.08. The molecule has 27 heavy (non-hydrogen) atoms. The average Bonchev–Trinajstić information content (AvgIpc) is 3.37. The number of hydrogen-bond donors (Lipinski definition) is 0. The minimum Gasteiger partial charge on any atom is -0.457 e. The molecule has 2 aromatic heterocycles. The Kier molecular flexibility index (Phi) is 4.88. The summed E-state index contributed by atoms with van der Waals surface area (Å²) in [6.45, 7) is 0. The molecule has 0 fully saturated rings. The zero-order valence-corrected chi connectivity index (χ0v) is 15.7. The van der Waals surface area contributed by atoms with Gasteiger partial charge in [-0.15, -0.1) is 11.3 Å². The van der Waals surface area contributed by atoms with E-state index < -0.39 is 0 Å². The minimum absolute atomic E-state index is 0.467. The quantitative estimate of drug-likeness (QED) is 0.362. The molecule has 0 unspecified atom stereocenters. The Balaban J connectivity index is 1.62. The van der Waals surface area contributed by atoms with E-state index in [1.807, 2.05) is 72.1 Å². The van der Waals surface area contributed by atoms with Gasteiger partial charge >= 0.3 is 0 Å². The minimum atomic E-state index is 0.467. The lowest BCUT2D eigenvalue weighted by molar-refractivity contribution is 0.572. The van der Waals surface area contributed by atoms with E-state index in [2.05, 4.69) is 11.1 Å². The average molecular weight is 389 g/mol. The molecule has 0 N–H and O–H groups in total. The molecule has 4 rings (SSSR count). The van der Waals surface area contributed by atoms with E-state index >= 15 is 0 Å². The third-order valence-corrected chi connectivity index (χ3v) is 5.09. The van der Waals surface area contributed by atoms with Crippen LogP contribution in [-0.4, -0.2) is 4.98 Å². The van der Waals surface area contributed by atoms with Gasteiger partial charge in [0.25, 0.3) is 0 Å². The molecular weight excluding hydrogens is 376 g/mol. The lowest BCUT2D eigenvalue weighted by Crippen LogP contribution is -1.82. The summed E-state index contributed by atoms with van der Waals surface area (Å²) in [7, 11) is 0. The number of furan rings is 1. The van der Waals surface area contributed by atoms with E-state index in [0.29, 0.717) is 21.4 Å². The molecule has 130 valence electrons. The summed E-state index contributed by atoms with van der Waals surface area (Å²) < 4.78 is 5.86. The number of rotatable bonds is 4. The molecule has 0 atom stereocenters. The third-order valence-electron chi connectivity index (χ3n) is 3.97. The van der Waals surface area contributed by atoms with E-state index in [1.165, 1.54) is 11.3 Å². The van der Waals surface area contributed by atoms with Crippen LogP contribution in [0.3, 0.4) is 0 Å². The first-order valence-electron chi connectivity index (χ1n) is 8.22. The molecule has 0 saturated carbocycles. The van der Waals surface area contributed by atoms with Crippen molar-refractivity contribution in [3.63, 3.8) is 0 Å². The molecule has 0 saturated heterocycles. The van der Waals surface area contributed by atoms with Crippen LogP contribution in [0.4, 0.5) is 0 Å². The molecule has 2 heterocycles. The number of hydrogen-bond acceptors (Lipinski definition) is 4. The lowest BCUT2D eigenvalue weighted by atomic mass is 10.2. The van der Waals surface area contributed by atoms with Crippen molar-refractivity contribution in [1.82, 2.24) is 4.98 Å². The Hall–Kier alpha value is -3.13. The van der Waals surface area contributed by atoms with Gasteiger partial charge < -0.3 is 4.42 Å². The van der Waals surface area contributed by atoms with Gasteiger partial charge in [0.1, 0.15) is 22.6 Å². The molecule has 5 heteroatoms. The fourth-order valence-electron chi connectivity index (χ4n) is 2.62. The van der Waals surface area contributed by atoms with Gasteiger partial charge in [-0.05, 0) is 24.3 Å². The number of thiazole rings is 1. The van der Waals surface area contributed by atoms with Gasteiger partial charge in [-0.2, -0.15) is 5.26 Å². The van der Waals surface area contributed by atoms with E-state index in [0.717, 1.165) is 22.6 Å². The van der Waals surface area contributed by atoms with Crippen molar-refractivity contribution in [2.24, 2.45) is 0 Å². The van der Waals surface area contributed by atoms with Crippen molar-refractivity contribution in [2.45, 2.75) is 0 Å². The number of nitriles is 1. The molecule has 3 nitrogen and oxygen atoms in total. The topological polar surface area (TPSA) is 49.8 Å². The Labute approximate surface area is 165 Å². The highest BCUT2D eigenvalue weighted by Crippen LogP contribution is 2.29. The number of aromatic nitrogens is 1. The van der Waals surface area contributed by atoms with E-state index in [4.69, 9.17) is 16.0 Å². The normalized spacial score (nSPS) is 11.3. The fourth-order valence-corrected chi connectivity index (χ4v) is 3.54. The Morgan fingerprint density at radius 1 is 1.00 bits per heavy atom. The lowest BCUT2D eigenvalue weighted by Gasteiger charge is -1.97. The van der Waals surface area contributed by atoms with Crippen molar-refractivity contribution in [3.8, 4) is 28.7 Å². The molecule has 0 amide bonds. The summed E-state index contributed by atoms with van der Waals surface area (Å²) >= 11 is 7.36. The molecule has 2 aromatic carbocycles. The van der Waals surface area contributed by atoms with Gasteiger partial charge in [-0.25, -0.2) is 4.98 Å². The monoisotopic (exact) mass is 388 g/mol. The second-order valence-electron chi connectivity index (χ2n) is 5.78. The molecular formula is C22H13ClN2OS. The van der Waals surface area contributed by atoms with Crippen LogP contribution in [0.2, 0.25) is 5.02 Å². The highest BCUT2D eigenvalue weighted by atomic mass is 35.5. The molecule has 4 aromatic rings. The van der Waals surface area contributed by atoms with Gasteiger partial charge in [0.05, 0.1) is 11.3 Å². The molecule has 0 aliphatic heterocycles. The first-order chi connectivity index (χ1) is 13.2. The van der Waals surface area contributed by atoms with Crippen LogP contribution < -0.4 is 0 Å². The van der Waals surface area contributed by atoms with Gasteiger partial charge in [-0.3, -0.25) is 0 Å². The third kappa shape index (κ3) is 3.85. The summed E-state index contributed by atoms with van der Waals surface area (Å²) in [6.07, 6.45) is 1.72. The van der Waals surface area contributed by atoms with Crippen LogP contribution in [-0.2, 0) is 0 Å². The Bertz CT molecular complexity index is 1140. The van der Waals surface area contributed by atoms with Crippen LogP contribution in [0.5, 0.6) is 0 Å². The van der Waals surface area contributed by atoms with Crippen molar-refractivity contribution < 1.29 is 4.42 Å². The number of nitrogens with zero attached hydrogens (tertiary/aromatic N) is 2. The second kappa shape index (κ2) is 7.63. The Morgan fingerprint density at radius 3 is 2.52 bits per heavy atom. The maximum Gasteiger partial charge on any atom is 0.134 e. The van der Waals surface area contributed by atoms with Crippen LogP contribution in [0.25, 0.3) is 34.2 Å². The van der Waals surface area contributed by atoms with Crippen LogP contribution >= 0.6 is 22.9 Å². The standard InChI is InChI=1S/C22H13ClN2OS/c23-18-8-6-15(7-9-18)20-14-27-22(25-20)17(13-24)12-19-10-11-21(26-19)16-4-2-1-3-5-16/h1-12,14H. The summed E-state index contributed by atoms with van der Waals surface area (Å²) in [5.41, 5.74) is 3.24. The number of halogens is 1. The van der Waals surface area contributed by atoms with Crippen LogP contribution in [0, 0.1) is 11.3 Å². The highest BCUT2D eigenvalue weighted by Gasteiger charge is 2.11. The largest absolute Gasteiger partial charge is 0.457 e. The van der Waals surface area contributed by atoms with E-state index in [9.17, 15) is 5.26 Å². The first-order valence-corrected chi connectivity index (χ1v) is 9.47. The van der Waals surface area contributed by atoms with Crippen molar-refractivity contribution in [1.29, 1.82) is 5.26 Å². The van der Waals surface area contributed by atoms with Gasteiger partial charge in [0, 0.05) is 27.6 Å². The summed E-state index contributed by atoms with van der Waals surface area (Å²) in [4.78, 5) is 4.59. The predicted octanol–water partition coefficient (Wildman–Crippen LogP) is 6.79. The SMILES string of the molecule is N#CC(=Cc1ccc(-c2ccccc2)o1)c1nc(-c2ccc(Cl)cc2)cs1. The smallest absolute Gasteiger partial charge is 0.134 e. The number of allylic oxidation sites excluding steroid dienone is 1. The van der Waals surface area contributed by atoms with Gasteiger partial charge in [0.15, 0.2) is 0 Å². The van der Waals surface area contributed by atoms with E-state index in [-0.39, 0.29) is 0 Å². The van der Waals surface area contributed by atoms with Crippen LogP contribution in [0.1, 0.15) is 10.8 Å². The fraction of sp³-hybridized carbons (Fsp3) is 0. The molecule has 0 bridgehead atoms. The molecule has 0 aliphatic rings. The van der Waals surface area contributed by atoms with Crippen molar-refractivity contribution in [3.05, 3.63) is 87.9 Å². The zero-order chi connectivity index (χ0) is 18.6. The summed E-state index contributed by atoms with van der Waals surface area (Å²) in [5, 5.41) is 12.8. The predicted molar refractivity (Wildman–Crippen MR) is 110 cm³/mol. The molecule has 0 aliphatic carbocycles. The summed E-state index contributed by atoms with van der Waals surface area (Å²) in [5.74, 6) is 1.38. The van der Waals surface area contributed by atoms with Gasteiger partial charge in [-0.1, -0.05) is 54.1 Å². The number of benzene rings is 2. The summed E-state index contributed by atoms with van der Waals surface area (Å²) in [6, 6.07) is 23.3. The Morgan fingerprint density at radius 2 is 1.78 bits per heavy atom. The van der Waals surface area contributed by atoms with Crippen molar-refractivity contribution >= 4 is 34.6 Å². The highest BCUT2D eigenvalue weighted by molar-refractivity contribution is 7.11. The molecule has 0 spiro atoms. The first kappa shape index (κ1) is 17.3. The maximum atomic E-state index is 9.57. The van der Waals surface area contributed by atoms with Crippen LogP contribution in [0.15, 0.2) is 76.5 Å². The maximum absolute atomic E-state index is 9.57. The van der Waals surface area contributed by atoms with E-state index in [1.54, 1.807) is 6.08 Å². The van der Waals surface area contributed by atoms with Gasteiger partial charge in [0.2, 0.25) is 0 Å². The molecule has 0 radical (unpaired) electrons. The van der Waals surface area contributed by atoms with Crippen molar-refractivity contribution in [2.75, 3.05) is 0 Å². The zero-order valence-electron chi connectivity index (χ0n) is 14.1.